The zero-order chi connectivity index (χ0) is 15.5. The fraction of sp³-hybridized carbons (Fsp3) is 0.375. The van der Waals surface area contributed by atoms with Crippen molar-refractivity contribution in [1.29, 1.82) is 0 Å². The highest BCUT2D eigenvalue weighted by atomic mass is 16.5. The Balaban J connectivity index is 1.78. The van der Waals surface area contributed by atoms with Crippen LogP contribution in [0.5, 0.6) is 5.75 Å². The van der Waals surface area contributed by atoms with Crippen LogP contribution >= 0.6 is 0 Å². The summed E-state index contributed by atoms with van der Waals surface area (Å²) < 4.78 is 7.13. The van der Waals surface area contributed by atoms with Gasteiger partial charge in [0.05, 0.1) is 12.3 Å². The van der Waals surface area contributed by atoms with Gasteiger partial charge in [-0.3, -0.25) is 9.48 Å². The standard InChI is InChI=1S/C16H20N4O2/c1-3-22-12-6-4-11(5-7-12)16(21)18-15-13-10-17-9-8-14(13)19-20(15)2/h4-7,17H,3,8-10H2,1-2H3,(H,18,21). The highest BCUT2D eigenvalue weighted by Crippen LogP contribution is 2.23. The highest BCUT2D eigenvalue weighted by Gasteiger charge is 2.20. The van der Waals surface area contributed by atoms with E-state index in [1.165, 1.54) is 0 Å². The van der Waals surface area contributed by atoms with E-state index in [2.05, 4.69) is 15.7 Å². The Morgan fingerprint density at radius 2 is 2.18 bits per heavy atom. The van der Waals surface area contributed by atoms with Gasteiger partial charge in [-0.05, 0) is 31.2 Å². The first-order valence-corrected chi connectivity index (χ1v) is 7.48. The molecular weight excluding hydrogens is 280 g/mol. The molecule has 0 atom stereocenters. The molecule has 1 aromatic heterocycles. The predicted octanol–water partition coefficient (Wildman–Crippen LogP) is 1.72. The van der Waals surface area contributed by atoms with E-state index < -0.39 is 0 Å². The molecule has 1 amide bonds. The third kappa shape index (κ3) is 2.82. The van der Waals surface area contributed by atoms with E-state index >= 15 is 0 Å². The van der Waals surface area contributed by atoms with Crippen molar-refractivity contribution in [2.24, 2.45) is 7.05 Å². The van der Waals surface area contributed by atoms with Crippen LogP contribution in [0.1, 0.15) is 28.5 Å². The molecule has 2 N–H and O–H groups in total. The summed E-state index contributed by atoms with van der Waals surface area (Å²) in [7, 11) is 1.85. The Morgan fingerprint density at radius 3 is 2.91 bits per heavy atom. The lowest BCUT2D eigenvalue weighted by atomic mass is 10.1. The van der Waals surface area contributed by atoms with Crippen LogP contribution in [0.15, 0.2) is 24.3 Å². The number of aromatic nitrogens is 2. The second kappa shape index (κ2) is 6.19. The maximum Gasteiger partial charge on any atom is 0.256 e. The molecule has 0 saturated heterocycles. The van der Waals surface area contributed by atoms with Crippen molar-refractivity contribution in [1.82, 2.24) is 15.1 Å². The molecule has 1 aliphatic heterocycles. The Kier molecular flexibility index (Phi) is 4.11. The van der Waals surface area contributed by atoms with Crippen molar-refractivity contribution < 1.29 is 9.53 Å². The number of fused-ring (bicyclic) bond motifs is 1. The minimum absolute atomic E-state index is 0.139. The van der Waals surface area contributed by atoms with E-state index in [1.54, 1.807) is 28.9 Å². The molecule has 2 aromatic rings. The van der Waals surface area contributed by atoms with E-state index in [4.69, 9.17) is 4.74 Å². The maximum absolute atomic E-state index is 12.4. The summed E-state index contributed by atoms with van der Waals surface area (Å²) >= 11 is 0. The molecule has 0 aliphatic carbocycles. The smallest absolute Gasteiger partial charge is 0.256 e. The largest absolute Gasteiger partial charge is 0.494 e. The Labute approximate surface area is 129 Å². The lowest BCUT2D eigenvalue weighted by Gasteiger charge is -2.13. The molecule has 1 aliphatic rings. The van der Waals surface area contributed by atoms with Crippen molar-refractivity contribution in [3.8, 4) is 5.75 Å². The van der Waals surface area contributed by atoms with Crippen LogP contribution in [0, 0.1) is 0 Å². The number of hydrogen-bond donors (Lipinski definition) is 2. The van der Waals surface area contributed by atoms with E-state index in [1.807, 2.05) is 14.0 Å². The van der Waals surface area contributed by atoms with E-state index in [-0.39, 0.29) is 5.91 Å². The lowest BCUT2D eigenvalue weighted by molar-refractivity contribution is 0.102. The van der Waals surface area contributed by atoms with Gasteiger partial charge in [0.2, 0.25) is 0 Å². The summed E-state index contributed by atoms with van der Waals surface area (Å²) in [4.78, 5) is 12.4. The summed E-state index contributed by atoms with van der Waals surface area (Å²) in [5.41, 5.74) is 2.73. The molecule has 0 unspecified atom stereocenters. The Morgan fingerprint density at radius 1 is 1.41 bits per heavy atom. The molecule has 0 saturated carbocycles. The van der Waals surface area contributed by atoms with Crippen molar-refractivity contribution in [3.63, 3.8) is 0 Å². The summed E-state index contributed by atoms with van der Waals surface area (Å²) in [6, 6.07) is 7.14. The number of anilines is 1. The van der Waals surface area contributed by atoms with Crippen LogP contribution in [-0.2, 0) is 20.0 Å². The van der Waals surface area contributed by atoms with Crippen LogP contribution in [0.3, 0.4) is 0 Å². The Bertz CT molecular complexity index is 676. The van der Waals surface area contributed by atoms with Crippen molar-refractivity contribution in [2.75, 3.05) is 18.5 Å². The van der Waals surface area contributed by atoms with Gasteiger partial charge >= 0.3 is 0 Å². The number of ether oxygens (including phenoxy) is 1. The fourth-order valence-corrected chi connectivity index (χ4v) is 2.64. The SMILES string of the molecule is CCOc1ccc(C(=O)Nc2c3c(nn2C)CCNC3)cc1. The third-order valence-electron chi connectivity index (χ3n) is 3.73. The van der Waals surface area contributed by atoms with Gasteiger partial charge in [-0.25, -0.2) is 0 Å². The quantitative estimate of drug-likeness (QED) is 0.902. The lowest BCUT2D eigenvalue weighted by Crippen LogP contribution is -2.24. The number of nitrogens with one attached hydrogen (secondary N) is 2. The first-order valence-electron chi connectivity index (χ1n) is 7.48. The maximum atomic E-state index is 12.4. The molecular formula is C16H20N4O2. The number of carbonyl (C=O) groups excluding carboxylic acids is 1. The number of nitrogens with zero attached hydrogens (tertiary/aromatic N) is 2. The molecule has 0 radical (unpaired) electrons. The second-order valence-corrected chi connectivity index (χ2v) is 5.24. The average molecular weight is 300 g/mol. The van der Waals surface area contributed by atoms with Crippen LogP contribution in [0.25, 0.3) is 0 Å². The number of amides is 1. The third-order valence-corrected chi connectivity index (χ3v) is 3.73. The summed E-state index contributed by atoms with van der Waals surface area (Å²) in [5.74, 6) is 1.39. The van der Waals surface area contributed by atoms with Gasteiger partial charge in [0, 0.05) is 37.7 Å². The number of hydrogen-bond acceptors (Lipinski definition) is 4. The molecule has 1 aromatic carbocycles. The predicted molar refractivity (Wildman–Crippen MR) is 84.2 cm³/mol. The summed E-state index contributed by atoms with van der Waals surface area (Å²) in [6.07, 6.45) is 0.891. The van der Waals surface area contributed by atoms with E-state index in [0.29, 0.717) is 12.2 Å². The van der Waals surface area contributed by atoms with Gasteiger partial charge in [0.1, 0.15) is 11.6 Å². The minimum atomic E-state index is -0.139. The zero-order valence-corrected chi connectivity index (χ0v) is 12.8. The van der Waals surface area contributed by atoms with Gasteiger partial charge < -0.3 is 15.4 Å². The number of aryl methyl sites for hydroxylation is 1. The molecule has 2 heterocycles. The van der Waals surface area contributed by atoms with Crippen molar-refractivity contribution >= 4 is 11.7 Å². The van der Waals surface area contributed by atoms with E-state index in [0.717, 1.165) is 42.3 Å². The molecule has 3 rings (SSSR count). The number of rotatable bonds is 4. The number of carbonyl (C=O) groups is 1. The minimum Gasteiger partial charge on any atom is -0.494 e. The normalized spacial score (nSPS) is 13.5. The fourth-order valence-electron chi connectivity index (χ4n) is 2.64. The molecule has 0 bridgehead atoms. The average Bonchev–Trinajstić information content (AvgIpc) is 2.84. The zero-order valence-electron chi connectivity index (χ0n) is 12.8. The summed E-state index contributed by atoms with van der Waals surface area (Å²) in [6.45, 7) is 4.21. The van der Waals surface area contributed by atoms with E-state index in [9.17, 15) is 4.79 Å². The Hall–Kier alpha value is -2.34. The molecule has 6 nitrogen and oxygen atoms in total. The first kappa shape index (κ1) is 14.6. The van der Waals surface area contributed by atoms with Crippen molar-refractivity contribution in [3.05, 3.63) is 41.1 Å². The summed E-state index contributed by atoms with van der Waals surface area (Å²) in [5, 5.41) is 10.8. The topological polar surface area (TPSA) is 68.2 Å². The first-order chi connectivity index (χ1) is 10.7. The van der Waals surface area contributed by atoms with Gasteiger partial charge in [0.15, 0.2) is 0 Å². The van der Waals surface area contributed by atoms with Crippen LogP contribution in [-0.4, -0.2) is 28.8 Å². The molecule has 0 spiro atoms. The number of benzene rings is 1. The van der Waals surface area contributed by atoms with Crippen LogP contribution in [0.2, 0.25) is 0 Å². The molecule has 116 valence electrons. The monoisotopic (exact) mass is 300 g/mol. The van der Waals surface area contributed by atoms with Gasteiger partial charge in [-0.2, -0.15) is 5.10 Å². The molecule has 6 heteroatoms. The van der Waals surface area contributed by atoms with Crippen LogP contribution in [0.4, 0.5) is 5.82 Å². The van der Waals surface area contributed by atoms with Crippen molar-refractivity contribution in [2.45, 2.75) is 19.9 Å². The van der Waals surface area contributed by atoms with Gasteiger partial charge in [-0.1, -0.05) is 0 Å². The van der Waals surface area contributed by atoms with Crippen LogP contribution < -0.4 is 15.4 Å². The molecule has 0 fully saturated rings. The van der Waals surface area contributed by atoms with Gasteiger partial charge in [-0.15, -0.1) is 0 Å². The van der Waals surface area contributed by atoms with Gasteiger partial charge in [0.25, 0.3) is 5.91 Å². The second-order valence-electron chi connectivity index (χ2n) is 5.24. The molecule has 22 heavy (non-hydrogen) atoms. The highest BCUT2D eigenvalue weighted by molar-refractivity contribution is 6.04.